The van der Waals surface area contributed by atoms with Gasteiger partial charge in [0.15, 0.2) is 0 Å². The molecular formula is C15H30ClN3O2. The van der Waals surface area contributed by atoms with Crippen molar-refractivity contribution in [1.29, 1.82) is 0 Å². The van der Waals surface area contributed by atoms with E-state index in [1.807, 2.05) is 11.8 Å². The standard InChI is InChI=1S/C15H29N3O2.ClH/c1-4-9-17-13(19)6-5-7-14(20)18-10-8-12(16)15(2,3)11-18;/h12H,4-11,16H2,1-3H3,(H,17,19);1H. The van der Waals surface area contributed by atoms with Crippen molar-refractivity contribution in [2.45, 2.75) is 58.9 Å². The molecule has 5 nitrogen and oxygen atoms in total. The number of halogens is 1. The highest BCUT2D eigenvalue weighted by Crippen LogP contribution is 2.28. The Kier molecular flexibility index (Phi) is 8.90. The van der Waals surface area contributed by atoms with E-state index in [4.69, 9.17) is 5.73 Å². The molecule has 1 rings (SSSR count). The van der Waals surface area contributed by atoms with Gasteiger partial charge >= 0.3 is 0 Å². The molecule has 0 spiro atoms. The number of nitrogens with zero attached hydrogens (tertiary/aromatic N) is 1. The number of likely N-dealkylation sites (tertiary alicyclic amines) is 1. The molecule has 0 aromatic carbocycles. The zero-order chi connectivity index (χ0) is 15.2. The SMILES string of the molecule is CCCNC(=O)CCCC(=O)N1CCC(N)C(C)(C)C1.Cl. The molecule has 0 saturated carbocycles. The lowest BCUT2D eigenvalue weighted by Crippen LogP contribution is -2.53. The van der Waals surface area contributed by atoms with Gasteiger partial charge in [0.2, 0.25) is 11.8 Å². The maximum absolute atomic E-state index is 12.1. The largest absolute Gasteiger partial charge is 0.356 e. The summed E-state index contributed by atoms with van der Waals surface area (Å²) in [6.45, 7) is 8.41. The van der Waals surface area contributed by atoms with Crippen LogP contribution in [-0.2, 0) is 9.59 Å². The molecule has 1 aliphatic rings. The fourth-order valence-electron chi connectivity index (χ4n) is 2.50. The van der Waals surface area contributed by atoms with E-state index >= 15 is 0 Å². The summed E-state index contributed by atoms with van der Waals surface area (Å²) in [5.41, 5.74) is 6.05. The second-order valence-electron chi connectivity index (χ2n) is 6.40. The van der Waals surface area contributed by atoms with Crippen molar-refractivity contribution >= 4 is 24.2 Å². The molecule has 1 unspecified atom stereocenters. The van der Waals surface area contributed by atoms with Gasteiger partial charge in [0.05, 0.1) is 0 Å². The summed E-state index contributed by atoms with van der Waals surface area (Å²) in [6.07, 6.45) is 3.30. The van der Waals surface area contributed by atoms with Crippen molar-refractivity contribution in [2.75, 3.05) is 19.6 Å². The van der Waals surface area contributed by atoms with Gasteiger partial charge in [0.1, 0.15) is 0 Å². The second-order valence-corrected chi connectivity index (χ2v) is 6.40. The molecule has 0 aromatic rings. The first-order valence-corrected chi connectivity index (χ1v) is 7.67. The average molecular weight is 320 g/mol. The monoisotopic (exact) mass is 319 g/mol. The molecule has 1 heterocycles. The Balaban J connectivity index is 0.00000400. The van der Waals surface area contributed by atoms with E-state index < -0.39 is 0 Å². The van der Waals surface area contributed by atoms with E-state index in [0.717, 1.165) is 25.9 Å². The van der Waals surface area contributed by atoms with Gasteiger partial charge in [-0.2, -0.15) is 0 Å². The van der Waals surface area contributed by atoms with Crippen molar-refractivity contribution < 1.29 is 9.59 Å². The topological polar surface area (TPSA) is 75.4 Å². The summed E-state index contributed by atoms with van der Waals surface area (Å²) in [6, 6.07) is 0.159. The predicted octanol–water partition coefficient (Wildman–Crippen LogP) is 1.69. The molecule has 0 bridgehead atoms. The van der Waals surface area contributed by atoms with Crippen molar-refractivity contribution in [3.8, 4) is 0 Å². The third-order valence-corrected chi connectivity index (χ3v) is 4.03. The Hall–Kier alpha value is -0.810. The number of amides is 2. The molecule has 3 N–H and O–H groups in total. The number of piperidine rings is 1. The predicted molar refractivity (Wildman–Crippen MR) is 87.4 cm³/mol. The summed E-state index contributed by atoms with van der Waals surface area (Å²) in [5, 5.41) is 2.82. The van der Waals surface area contributed by atoms with Crippen LogP contribution >= 0.6 is 12.4 Å². The average Bonchev–Trinajstić information content (AvgIpc) is 2.39. The van der Waals surface area contributed by atoms with Crippen LogP contribution in [0.5, 0.6) is 0 Å². The maximum atomic E-state index is 12.1. The van der Waals surface area contributed by atoms with Crippen LogP contribution in [0, 0.1) is 5.41 Å². The number of carbonyl (C=O) groups excluding carboxylic acids is 2. The Morgan fingerprint density at radius 2 is 2.00 bits per heavy atom. The Morgan fingerprint density at radius 1 is 1.33 bits per heavy atom. The lowest BCUT2D eigenvalue weighted by Gasteiger charge is -2.42. The van der Waals surface area contributed by atoms with Crippen LogP contribution in [0.25, 0.3) is 0 Å². The van der Waals surface area contributed by atoms with Crippen LogP contribution < -0.4 is 11.1 Å². The third-order valence-electron chi connectivity index (χ3n) is 4.03. The third kappa shape index (κ3) is 6.66. The first-order chi connectivity index (χ1) is 9.36. The number of rotatable bonds is 6. The molecule has 124 valence electrons. The molecule has 1 atom stereocenters. The molecule has 1 fully saturated rings. The fourth-order valence-corrected chi connectivity index (χ4v) is 2.50. The van der Waals surface area contributed by atoms with E-state index in [0.29, 0.717) is 25.8 Å². The summed E-state index contributed by atoms with van der Waals surface area (Å²) in [7, 11) is 0. The Labute approximate surface area is 134 Å². The van der Waals surface area contributed by atoms with E-state index in [1.54, 1.807) is 0 Å². The van der Waals surface area contributed by atoms with E-state index in [-0.39, 0.29) is 35.7 Å². The summed E-state index contributed by atoms with van der Waals surface area (Å²) in [5.74, 6) is 0.189. The Bertz CT molecular complexity index is 348. The summed E-state index contributed by atoms with van der Waals surface area (Å²) >= 11 is 0. The fraction of sp³-hybridized carbons (Fsp3) is 0.867. The van der Waals surface area contributed by atoms with Crippen LogP contribution in [-0.4, -0.2) is 42.4 Å². The molecule has 0 radical (unpaired) electrons. The van der Waals surface area contributed by atoms with Gasteiger partial charge in [-0.3, -0.25) is 9.59 Å². The molecule has 0 aliphatic carbocycles. The number of nitrogens with one attached hydrogen (secondary N) is 1. The van der Waals surface area contributed by atoms with Gasteiger partial charge in [-0.15, -0.1) is 12.4 Å². The van der Waals surface area contributed by atoms with Gasteiger partial charge in [-0.1, -0.05) is 20.8 Å². The lowest BCUT2D eigenvalue weighted by molar-refractivity contribution is -0.134. The van der Waals surface area contributed by atoms with Crippen LogP contribution in [0.1, 0.15) is 52.9 Å². The highest BCUT2D eigenvalue weighted by Gasteiger charge is 2.34. The normalized spacial score (nSPS) is 20.6. The molecule has 1 saturated heterocycles. The molecule has 6 heteroatoms. The highest BCUT2D eigenvalue weighted by atomic mass is 35.5. The maximum Gasteiger partial charge on any atom is 0.222 e. The number of hydrogen-bond donors (Lipinski definition) is 2. The minimum Gasteiger partial charge on any atom is -0.356 e. The van der Waals surface area contributed by atoms with Gasteiger partial charge in [-0.05, 0) is 24.7 Å². The van der Waals surface area contributed by atoms with Crippen LogP contribution in [0.3, 0.4) is 0 Å². The van der Waals surface area contributed by atoms with Gasteiger partial charge in [-0.25, -0.2) is 0 Å². The van der Waals surface area contributed by atoms with Crippen LogP contribution in [0.4, 0.5) is 0 Å². The quantitative estimate of drug-likeness (QED) is 0.782. The van der Waals surface area contributed by atoms with Crippen LogP contribution in [0.2, 0.25) is 0 Å². The number of nitrogens with two attached hydrogens (primary N) is 1. The van der Waals surface area contributed by atoms with E-state index in [9.17, 15) is 9.59 Å². The lowest BCUT2D eigenvalue weighted by atomic mass is 9.79. The minimum atomic E-state index is -0.0214. The van der Waals surface area contributed by atoms with Gasteiger partial charge < -0.3 is 16.0 Å². The first kappa shape index (κ1) is 20.2. The zero-order valence-electron chi connectivity index (χ0n) is 13.5. The molecule has 1 aliphatic heterocycles. The summed E-state index contributed by atoms with van der Waals surface area (Å²) in [4.78, 5) is 25.5. The zero-order valence-corrected chi connectivity index (χ0v) is 14.3. The molecule has 0 aromatic heterocycles. The van der Waals surface area contributed by atoms with Crippen molar-refractivity contribution in [1.82, 2.24) is 10.2 Å². The second kappa shape index (κ2) is 9.26. The summed E-state index contributed by atoms with van der Waals surface area (Å²) < 4.78 is 0. The highest BCUT2D eigenvalue weighted by molar-refractivity contribution is 5.85. The van der Waals surface area contributed by atoms with Gasteiger partial charge in [0.25, 0.3) is 0 Å². The smallest absolute Gasteiger partial charge is 0.222 e. The van der Waals surface area contributed by atoms with E-state index in [1.165, 1.54) is 0 Å². The van der Waals surface area contributed by atoms with E-state index in [2.05, 4.69) is 19.2 Å². The molecular weight excluding hydrogens is 290 g/mol. The Morgan fingerprint density at radius 3 is 2.57 bits per heavy atom. The van der Waals surface area contributed by atoms with Crippen molar-refractivity contribution in [3.05, 3.63) is 0 Å². The first-order valence-electron chi connectivity index (χ1n) is 7.67. The molecule has 21 heavy (non-hydrogen) atoms. The number of hydrogen-bond acceptors (Lipinski definition) is 3. The minimum absolute atomic E-state index is 0. The number of carbonyl (C=O) groups is 2. The van der Waals surface area contributed by atoms with Gasteiger partial charge in [0, 0.05) is 38.5 Å². The van der Waals surface area contributed by atoms with Crippen LogP contribution in [0.15, 0.2) is 0 Å². The van der Waals surface area contributed by atoms with Crippen molar-refractivity contribution in [2.24, 2.45) is 11.1 Å². The molecule has 2 amide bonds. The van der Waals surface area contributed by atoms with Crippen molar-refractivity contribution in [3.63, 3.8) is 0 Å².